The average Bonchev–Trinajstić information content (AvgIpc) is 3.03. The summed E-state index contributed by atoms with van der Waals surface area (Å²) in [4.78, 5) is 28.3. The van der Waals surface area contributed by atoms with Crippen molar-refractivity contribution in [2.24, 2.45) is 11.8 Å². The van der Waals surface area contributed by atoms with Gasteiger partial charge in [0.05, 0.1) is 5.69 Å². The summed E-state index contributed by atoms with van der Waals surface area (Å²) in [5.74, 6) is 0.803. The molecule has 0 bridgehead atoms. The highest BCUT2D eigenvalue weighted by Gasteiger charge is 2.57. The Labute approximate surface area is 122 Å². The van der Waals surface area contributed by atoms with Crippen molar-refractivity contribution in [1.29, 1.82) is 0 Å². The topological polar surface area (TPSA) is 40.6 Å². The summed E-state index contributed by atoms with van der Waals surface area (Å²) in [5.41, 5.74) is 0.580. The molecule has 3 aliphatic rings. The quantitative estimate of drug-likeness (QED) is 0.746. The minimum atomic E-state index is -0.242. The Kier molecular flexibility index (Phi) is 2.58. The molecule has 0 aromatic heterocycles. The van der Waals surface area contributed by atoms with Crippen molar-refractivity contribution in [1.82, 2.24) is 4.90 Å². The number of carbonyl (C=O) groups excluding carboxylic acids is 2. The number of anilines is 1. The summed E-state index contributed by atoms with van der Waals surface area (Å²) >= 11 is 5.97. The van der Waals surface area contributed by atoms with Gasteiger partial charge in [0.25, 0.3) is 5.91 Å². The molecule has 2 heterocycles. The van der Waals surface area contributed by atoms with Gasteiger partial charge in [0.2, 0.25) is 0 Å². The van der Waals surface area contributed by atoms with Crippen LogP contribution in [0.15, 0.2) is 24.3 Å². The minimum absolute atomic E-state index is 0.0772. The van der Waals surface area contributed by atoms with E-state index in [0.29, 0.717) is 22.5 Å². The number of halogens is 1. The highest BCUT2D eigenvalue weighted by Crippen LogP contribution is 2.46. The van der Waals surface area contributed by atoms with E-state index < -0.39 is 0 Å². The Morgan fingerprint density at radius 3 is 2.85 bits per heavy atom. The van der Waals surface area contributed by atoms with E-state index in [1.54, 1.807) is 29.2 Å². The van der Waals surface area contributed by atoms with Gasteiger partial charge >= 0.3 is 6.03 Å². The van der Waals surface area contributed by atoms with Crippen LogP contribution < -0.4 is 4.90 Å². The van der Waals surface area contributed by atoms with Gasteiger partial charge < -0.3 is 4.90 Å². The summed E-state index contributed by atoms with van der Waals surface area (Å²) in [6.07, 6.45) is 3.39. The average molecular weight is 291 g/mol. The van der Waals surface area contributed by atoms with Gasteiger partial charge in [-0.15, -0.1) is 0 Å². The molecule has 3 atom stereocenters. The molecule has 3 amide bonds. The Morgan fingerprint density at radius 1 is 1.20 bits per heavy atom. The predicted octanol–water partition coefficient (Wildman–Crippen LogP) is 2.91. The van der Waals surface area contributed by atoms with E-state index in [0.717, 1.165) is 19.4 Å². The van der Waals surface area contributed by atoms with Gasteiger partial charge in [-0.1, -0.05) is 24.1 Å². The molecule has 2 aliphatic heterocycles. The van der Waals surface area contributed by atoms with Crippen LogP contribution in [0.1, 0.15) is 19.3 Å². The van der Waals surface area contributed by atoms with Crippen LogP contribution in [0.5, 0.6) is 0 Å². The maximum atomic E-state index is 12.7. The third-order valence-corrected chi connectivity index (χ3v) is 5.10. The van der Waals surface area contributed by atoms with E-state index in [1.807, 2.05) is 0 Å². The number of benzene rings is 1. The second-order valence-corrected chi connectivity index (χ2v) is 6.32. The van der Waals surface area contributed by atoms with Crippen molar-refractivity contribution >= 4 is 29.2 Å². The van der Waals surface area contributed by atoms with Gasteiger partial charge in [-0.3, -0.25) is 4.79 Å². The Morgan fingerprint density at radius 2 is 2.05 bits per heavy atom. The van der Waals surface area contributed by atoms with E-state index in [9.17, 15) is 9.59 Å². The molecule has 20 heavy (non-hydrogen) atoms. The first-order valence-electron chi connectivity index (χ1n) is 7.07. The Bertz CT molecular complexity index is 603. The van der Waals surface area contributed by atoms with Crippen LogP contribution in [0.3, 0.4) is 0 Å². The van der Waals surface area contributed by atoms with E-state index in [4.69, 9.17) is 11.6 Å². The molecular formula is C15H15ClN2O2. The number of hydrogen-bond donors (Lipinski definition) is 0. The molecule has 104 valence electrons. The predicted molar refractivity (Wildman–Crippen MR) is 75.7 cm³/mol. The second kappa shape index (κ2) is 4.22. The number of imide groups is 1. The second-order valence-electron chi connectivity index (χ2n) is 5.89. The molecule has 4 nitrogen and oxygen atoms in total. The minimum Gasteiger partial charge on any atom is -0.311 e. The summed E-state index contributed by atoms with van der Waals surface area (Å²) < 4.78 is 0. The SMILES string of the molecule is O=C1C2C3CCCC3CN2C(=O)N1c1cccc(Cl)c1. The van der Waals surface area contributed by atoms with Crippen molar-refractivity contribution < 1.29 is 9.59 Å². The van der Waals surface area contributed by atoms with Crippen LogP contribution in [0, 0.1) is 11.8 Å². The van der Waals surface area contributed by atoms with Crippen LogP contribution >= 0.6 is 11.6 Å². The molecule has 1 aromatic carbocycles. The van der Waals surface area contributed by atoms with Crippen molar-refractivity contribution in [3.8, 4) is 0 Å². The van der Waals surface area contributed by atoms with Gasteiger partial charge in [0.1, 0.15) is 6.04 Å². The van der Waals surface area contributed by atoms with Crippen LogP contribution in [-0.2, 0) is 4.79 Å². The largest absolute Gasteiger partial charge is 0.332 e. The fourth-order valence-corrected chi connectivity index (χ4v) is 4.21. The smallest absolute Gasteiger partial charge is 0.311 e. The van der Waals surface area contributed by atoms with Crippen molar-refractivity contribution in [3.63, 3.8) is 0 Å². The van der Waals surface area contributed by atoms with Gasteiger partial charge in [0, 0.05) is 11.6 Å². The molecule has 1 aromatic rings. The van der Waals surface area contributed by atoms with E-state index in [1.165, 1.54) is 11.3 Å². The number of fused-ring (bicyclic) bond motifs is 3. The molecule has 1 aliphatic carbocycles. The van der Waals surface area contributed by atoms with Crippen LogP contribution in [0.4, 0.5) is 10.5 Å². The van der Waals surface area contributed by atoms with Crippen LogP contribution in [-0.4, -0.2) is 29.4 Å². The monoisotopic (exact) mass is 290 g/mol. The summed E-state index contributed by atoms with van der Waals surface area (Å²) in [7, 11) is 0. The van der Waals surface area contributed by atoms with Gasteiger partial charge in [0.15, 0.2) is 0 Å². The number of hydrogen-bond acceptors (Lipinski definition) is 2. The normalized spacial score (nSPS) is 31.9. The molecule has 3 unspecified atom stereocenters. The fourth-order valence-electron chi connectivity index (χ4n) is 4.03. The Hall–Kier alpha value is -1.55. The molecule has 4 rings (SSSR count). The van der Waals surface area contributed by atoms with Gasteiger partial charge in [-0.25, -0.2) is 9.69 Å². The van der Waals surface area contributed by atoms with Crippen molar-refractivity contribution in [2.45, 2.75) is 25.3 Å². The molecule has 1 saturated carbocycles. The lowest BCUT2D eigenvalue weighted by molar-refractivity contribution is -0.120. The molecule has 5 heteroatoms. The summed E-state index contributed by atoms with van der Waals surface area (Å²) in [5, 5.41) is 0.536. The third kappa shape index (κ3) is 1.54. The van der Waals surface area contributed by atoms with Crippen molar-refractivity contribution in [3.05, 3.63) is 29.3 Å². The van der Waals surface area contributed by atoms with Gasteiger partial charge in [-0.2, -0.15) is 0 Å². The number of rotatable bonds is 1. The van der Waals surface area contributed by atoms with E-state index in [-0.39, 0.29) is 18.0 Å². The summed E-state index contributed by atoms with van der Waals surface area (Å²) in [6.45, 7) is 0.733. The molecule has 2 saturated heterocycles. The standard InChI is InChI=1S/C15H15ClN2O2/c16-10-4-2-5-11(7-10)18-14(19)13-12-6-1-3-9(12)8-17(13)15(18)20/h2,4-5,7,9,12-13H,1,3,6,8H2. The van der Waals surface area contributed by atoms with E-state index >= 15 is 0 Å². The molecule has 3 fully saturated rings. The van der Waals surface area contributed by atoms with Gasteiger partial charge in [-0.05, 0) is 42.9 Å². The van der Waals surface area contributed by atoms with Crippen molar-refractivity contribution in [2.75, 3.05) is 11.4 Å². The zero-order valence-corrected chi connectivity index (χ0v) is 11.7. The molecule has 0 N–H and O–H groups in total. The van der Waals surface area contributed by atoms with E-state index in [2.05, 4.69) is 0 Å². The first-order chi connectivity index (χ1) is 9.66. The number of nitrogens with zero attached hydrogens (tertiary/aromatic N) is 2. The maximum absolute atomic E-state index is 12.7. The summed E-state index contributed by atoms with van der Waals surface area (Å²) in [6, 6.07) is 6.51. The number of urea groups is 1. The first kappa shape index (κ1) is 12.2. The zero-order valence-electron chi connectivity index (χ0n) is 11.0. The molecule has 0 radical (unpaired) electrons. The highest BCUT2D eigenvalue weighted by molar-refractivity contribution is 6.31. The lowest BCUT2D eigenvalue weighted by Crippen LogP contribution is -2.35. The molecule has 0 spiro atoms. The fraction of sp³-hybridized carbons (Fsp3) is 0.467. The Balaban J connectivity index is 1.71. The highest BCUT2D eigenvalue weighted by atomic mass is 35.5. The first-order valence-corrected chi connectivity index (χ1v) is 7.45. The zero-order chi connectivity index (χ0) is 13.9. The maximum Gasteiger partial charge on any atom is 0.332 e. The van der Waals surface area contributed by atoms with Crippen LogP contribution in [0.2, 0.25) is 5.02 Å². The lowest BCUT2D eigenvalue weighted by atomic mass is 9.93. The molecular weight excluding hydrogens is 276 g/mol. The number of carbonyl (C=O) groups is 2. The van der Waals surface area contributed by atoms with Crippen LogP contribution in [0.25, 0.3) is 0 Å². The lowest BCUT2D eigenvalue weighted by Gasteiger charge is -2.17. The third-order valence-electron chi connectivity index (χ3n) is 4.87. The number of amides is 3.